The van der Waals surface area contributed by atoms with Crippen LogP contribution < -0.4 is 10.6 Å². The van der Waals surface area contributed by atoms with E-state index in [0.717, 1.165) is 5.56 Å². The molecule has 0 spiro atoms. The standard InChI is InChI=1S/C16H16N4O4S/c21-13(18-9-14(22)17-8-12-2-1-6-23-12)3-4-15-19-20-16(24-15)11-5-7-25-10-11/h1-2,5-7,10H,3-4,8-9H2,(H,17,22)(H,18,21). The van der Waals surface area contributed by atoms with E-state index in [-0.39, 0.29) is 31.3 Å². The Bertz CT molecular complexity index is 811. The van der Waals surface area contributed by atoms with Gasteiger partial charge in [0.1, 0.15) is 5.76 Å². The molecule has 0 aliphatic rings. The van der Waals surface area contributed by atoms with E-state index in [9.17, 15) is 9.59 Å². The molecular formula is C16H16N4O4S. The summed E-state index contributed by atoms with van der Waals surface area (Å²) in [6, 6.07) is 5.38. The van der Waals surface area contributed by atoms with Crippen molar-refractivity contribution in [1.29, 1.82) is 0 Å². The van der Waals surface area contributed by atoms with E-state index >= 15 is 0 Å². The zero-order valence-corrected chi connectivity index (χ0v) is 14.0. The Hall–Kier alpha value is -2.94. The minimum Gasteiger partial charge on any atom is -0.467 e. The summed E-state index contributed by atoms with van der Waals surface area (Å²) in [5.74, 6) is 0.927. The first-order valence-corrected chi connectivity index (χ1v) is 8.56. The molecule has 8 nitrogen and oxygen atoms in total. The highest BCUT2D eigenvalue weighted by Gasteiger charge is 2.11. The van der Waals surface area contributed by atoms with Crippen LogP contribution in [0.1, 0.15) is 18.1 Å². The summed E-state index contributed by atoms with van der Waals surface area (Å²) in [4.78, 5) is 23.4. The van der Waals surface area contributed by atoms with E-state index in [1.165, 1.54) is 17.6 Å². The summed E-state index contributed by atoms with van der Waals surface area (Å²) in [6.07, 6.45) is 2.01. The molecule has 2 N–H and O–H groups in total. The van der Waals surface area contributed by atoms with Gasteiger partial charge in [0, 0.05) is 23.8 Å². The summed E-state index contributed by atoms with van der Waals surface area (Å²) < 4.78 is 10.6. The largest absolute Gasteiger partial charge is 0.467 e. The van der Waals surface area contributed by atoms with Crippen molar-refractivity contribution in [3.63, 3.8) is 0 Å². The minimum atomic E-state index is -0.290. The van der Waals surface area contributed by atoms with Gasteiger partial charge in [-0.1, -0.05) is 0 Å². The van der Waals surface area contributed by atoms with Crippen LogP contribution in [-0.2, 0) is 22.6 Å². The Morgan fingerprint density at radius 1 is 1.16 bits per heavy atom. The van der Waals surface area contributed by atoms with Crippen molar-refractivity contribution in [1.82, 2.24) is 20.8 Å². The monoisotopic (exact) mass is 360 g/mol. The highest BCUT2D eigenvalue weighted by molar-refractivity contribution is 7.08. The highest BCUT2D eigenvalue weighted by Crippen LogP contribution is 2.20. The van der Waals surface area contributed by atoms with Gasteiger partial charge in [0.2, 0.25) is 23.6 Å². The van der Waals surface area contributed by atoms with Gasteiger partial charge in [0.15, 0.2) is 0 Å². The van der Waals surface area contributed by atoms with Gasteiger partial charge in [-0.3, -0.25) is 9.59 Å². The number of nitrogens with one attached hydrogen (secondary N) is 2. The van der Waals surface area contributed by atoms with Gasteiger partial charge < -0.3 is 19.5 Å². The zero-order valence-electron chi connectivity index (χ0n) is 13.2. The number of hydrogen-bond donors (Lipinski definition) is 2. The fourth-order valence-corrected chi connectivity index (χ4v) is 2.64. The molecule has 0 aliphatic heterocycles. The number of aromatic nitrogens is 2. The summed E-state index contributed by atoms with van der Waals surface area (Å²) in [7, 11) is 0. The van der Waals surface area contributed by atoms with Crippen molar-refractivity contribution < 1.29 is 18.4 Å². The smallest absolute Gasteiger partial charge is 0.248 e. The maximum absolute atomic E-state index is 11.8. The predicted molar refractivity (Wildman–Crippen MR) is 89.5 cm³/mol. The molecular weight excluding hydrogens is 344 g/mol. The van der Waals surface area contributed by atoms with E-state index in [1.807, 2.05) is 16.8 Å². The Labute approximate surface area is 147 Å². The maximum atomic E-state index is 11.8. The molecule has 3 aromatic heterocycles. The van der Waals surface area contributed by atoms with Crippen LogP contribution in [0.4, 0.5) is 0 Å². The first kappa shape index (κ1) is 16.9. The van der Waals surface area contributed by atoms with Crippen LogP contribution in [0.3, 0.4) is 0 Å². The van der Waals surface area contributed by atoms with Gasteiger partial charge in [0.05, 0.1) is 19.4 Å². The molecule has 25 heavy (non-hydrogen) atoms. The molecule has 3 heterocycles. The van der Waals surface area contributed by atoms with Crippen LogP contribution in [0, 0.1) is 0 Å². The minimum absolute atomic E-state index is 0.0937. The van der Waals surface area contributed by atoms with Crippen molar-refractivity contribution in [2.24, 2.45) is 0 Å². The molecule has 130 valence electrons. The normalized spacial score (nSPS) is 10.6. The molecule has 0 fully saturated rings. The summed E-state index contributed by atoms with van der Waals surface area (Å²) in [5.41, 5.74) is 0.862. The number of rotatable bonds is 8. The third-order valence-corrected chi connectivity index (χ3v) is 3.97. The van der Waals surface area contributed by atoms with Gasteiger partial charge in [-0.25, -0.2) is 0 Å². The summed E-state index contributed by atoms with van der Waals surface area (Å²) in [5, 5.41) is 16.9. The van der Waals surface area contributed by atoms with Crippen molar-refractivity contribution in [3.8, 4) is 11.5 Å². The topological polar surface area (TPSA) is 110 Å². The second-order valence-electron chi connectivity index (χ2n) is 5.15. The van der Waals surface area contributed by atoms with Crippen LogP contribution in [0.25, 0.3) is 11.5 Å². The molecule has 0 aliphatic carbocycles. The van der Waals surface area contributed by atoms with Gasteiger partial charge in [-0.2, -0.15) is 11.3 Å². The fraction of sp³-hybridized carbons (Fsp3) is 0.250. The molecule has 9 heteroatoms. The first-order chi connectivity index (χ1) is 12.2. The number of carbonyl (C=O) groups excluding carboxylic acids is 2. The second kappa shape index (κ2) is 8.25. The lowest BCUT2D eigenvalue weighted by molar-refractivity contribution is -0.126. The van der Waals surface area contributed by atoms with Crippen LogP contribution in [-0.4, -0.2) is 28.6 Å². The summed E-state index contributed by atoms with van der Waals surface area (Å²) >= 11 is 1.54. The second-order valence-corrected chi connectivity index (χ2v) is 5.93. The van der Waals surface area contributed by atoms with E-state index in [4.69, 9.17) is 8.83 Å². The number of thiophene rings is 1. The summed E-state index contributed by atoms with van der Waals surface area (Å²) in [6.45, 7) is 0.193. The van der Waals surface area contributed by atoms with Gasteiger partial charge in [0.25, 0.3) is 0 Å². The lowest BCUT2D eigenvalue weighted by Crippen LogP contribution is -2.36. The molecule has 0 saturated carbocycles. The van der Waals surface area contributed by atoms with Crippen molar-refractivity contribution >= 4 is 23.2 Å². The van der Waals surface area contributed by atoms with E-state index in [1.54, 1.807) is 12.1 Å². The van der Waals surface area contributed by atoms with Gasteiger partial charge in [-0.05, 0) is 23.6 Å². The Morgan fingerprint density at radius 3 is 2.84 bits per heavy atom. The number of carbonyl (C=O) groups is 2. The van der Waals surface area contributed by atoms with Crippen LogP contribution >= 0.6 is 11.3 Å². The first-order valence-electron chi connectivity index (χ1n) is 7.61. The molecule has 0 bridgehead atoms. The molecule has 3 rings (SSSR count). The number of nitrogens with zero attached hydrogens (tertiary/aromatic N) is 2. The average Bonchev–Trinajstić information content (AvgIpc) is 3.37. The maximum Gasteiger partial charge on any atom is 0.248 e. The van der Waals surface area contributed by atoms with Crippen molar-refractivity contribution in [3.05, 3.63) is 46.9 Å². The number of furan rings is 1. The highest BCUT2D eigenvalue weighted by atomic mass is 32.1. The Balaban J connectivity index is 1.36. The number of hydrogen-bond acceptors (Lipinski definition) is 7. The Kier molecular flexibility index (Phi) is 5.57. The Morgan fingerprint density at radius 2 is 2.08 bits per heavy atom. The molecule has 2 amide bonds. The van der Waals surface area contributed by atoms with Crippen LogP contribution in [0.15, 0.2) is 44.1 Å². The average molecular weight is 360 g/mol. The third-order valence-electron chi connectivity index (χ3n) is 3.29. The van der Waals surface area contributed by atoms with Crippen LogP contribution in [0.5, 0.6) is 0 Å². The molecule has 0 unspecified atom stereocenters. The van der Waals surface area contributed by atoms with E-state index < -0.39 is 0 Å². The predicted octanol–water partition coefficient (Wildman–Crippen LogP) is 1.76. The zero-order chi connectivity index (χ0) is 17.5. The lowest BCUT2D eigenvalue weighted by Gasteiger charge is -2.05. The number of amides is 2. The van der Waals surface area contributed by atoms with Crippen molar-refractivity contribution in [2.45, 2.75) is 19.4 Å². The SMILES string of the molecule is O=C(CCc1nnc(-c2ccsc2)o1)NCC(=O)NCc1ccco1. The number of aryl methyl sites for hydroxylation is 1. The molecule has 0 aromatic carbocycles. The van der Waals surface area contributed by atoms with E-state index in [0.29, 0.717) is 24.0 Å². The quantitative estimate of drug-likeness (QED) is 0.633. The lowest BCUT2D eigenvalue weighted by atomic mass is 10.3. The third kappa shape index (κ3) is 5.01. The van der Waals surface area contributed by atoms with Crippen molar-refractivity contribution in [2.75, 3.05) is 6.54 Å². The molecule has 0 saturated heterocycles. The molecule has 0 radical (unpaired) electrons. The van der Waals surface area contributed by atoms with E-state index in [2.05, 4.69) is 20.8 Å². The van der Waals surface area contributed by atoms with Crippen LogP contribution in [0.2, 0.25) is 0 Å². The fourth-order valence-electron chi connectivity index (χ4n) is 2.01. The van der Waals surface area contributed by atoms with Gasteiger partial charge >= 0.3 is 0 Å². The molecule has 0 atom stereocenters. The van der Waals surface area contributed by atoms with Gasteiger partial charge in [-0.15, -0.1) is 10.2 Å². The molecule has 3 aromatic rings.